The van der Waals surface area contributed by atoms with Gasteiger partial charge in [-0.05, 0) is 35.9 Å². The molecule has 2 aromatic rings. The van der Waals surface area contributed by atoms with Crippen molar-refractivity contribution in [3.8, 4) is 0 Å². The minimum absolute atomic E-state index is 0.0868. The van der Waals surface area contributed by atoms with E-state index >= 15 is 0 Å². The van der Waals surface area contributed by atoms with Gasteiger partial charge in [-0.3, -0.25) is 9.59 Å². The number of hydrogen-bond donors (Lipinski definition) is 1. The summed E-state index contributed by atoms with van der Waals surface area (Å²) in [6.45, 7) is 1.77. The number of halogens is 1. The lowest BCUT2D eigenvalue weighted by Gasteiger charge is -2.04. The third-order valence-corrected chi connectivity index (χ3v) is 3.42. The molecular formula is C18H16ClNO2. The number of carbonyl (C=O) groups excluding carboxylic acids is 2. The Balaban J connectivity index is 2.14. The smallest absolute Gasteiger partial charge is 0.224 e. The monoisotopic (exact) mass is 313 g/mol. The lowest BCUT2D eigenvalue weighted by Crippen LogP contribution is -2.09. The van der Waals surface area contributed by atoms with Crippen molar-refractivity contribution < 1.29 is 9.59 Å². The second kappa shape index (κ2) is 7.57. The number of rotatable bonds is 5. The summed E-state index contributed by atoms with van der Waals surface area (Å²) in [4.78, 5) is 23.6. The molecule has 2 rings (SSSR count). The number of anilines is 1. The molecule has 0 atom stereocenters. The molecule has 0 aliphatic rings. The number of allylic oxidation sites excluding steroid dienone is 1. The molecular weight excluding hydrogens is 298 g/mol. The zero-order valence-electron chi connectivity index (χ0n) is 12.2. The van der Waals surface area contributed by atoms with Crippen molar-refractivity contribution in [3.63, 3.8) is 0 Å². The highest BCUT2D eigenvalue weighted by Gasteiger charge is 2.05. The van der Waals surface area contributed by atoms with Gasteiger partial charge in [-0.25, -0.2) is 0 Å². The van der Waals surface area contributed by atoms with E-state index in [0.29, 0.717) is 22.7 Å². The van der Waals surface area contributed by atoms with Gasteiger partial charge in [0, 0.05) is 22.7 Å². The van der Waals surface area contributed by atoms with E-state index in [1.165, 1.54) is 6.08 Å². The van der Waals surface area contributed by atoms with Crippen LogP contribution in [0.15, 0.2) is 54.6 Å². The molecule has 0 bridgehead atoms. The van der Waals surface area contributed by atoms with Gasteiger partial charge in [0.1, 0.15) is 0 Å². The van der Waals surface area contributed by atoms with Gasteiger partial charge in [-0.15, -0.1) is 0 Å². The first-order valence-corrected chi connectivity index (χ1v) is 7.35. The fourth-order valence-corrected chi connectivity index (χ4v) is 2.07. The van der Waals surface area contributed by atoms with Crippen molar-refractivity contribution in [3.05, 3.63) is 70.8 Å². The first-order valence-electron chi connectivity index (χ1n) is 6.97. The van der Waals surface area contributed by atoms with Gasteiger partial charge in [0.2, 0.25) is 5.91 Å². The third kappa shape index (κ3) is 4.30. The minimum Gasteiger partial charge on any atom is -0.326 e. The highest BCUT2D eigenvalue weighted by molar-refractivity contribution is 6.32. The summed E-state index contributed by atoms with van der Waals surface area (Å²) in [6, 6.07) is 14.2. The standard InChI is InChI=1S/C18H16ClNO2/c1-2-18(22)20-15-8-5-7-14(12-15)17(21)11-10-13-6-3-4-9-16(13)19/h3-12H,2H2,1H3,(H,20,22). The number of carbonyl (C=O) groups is 2. The molecule has 0 aliphatic carbocycles. The average Bonchev–Trinajstić information content (AvgIpc) is 2.54. The maximum absolute atomic E-state index is 12.2. The van der Waals surface area contributed by atoms with Gasteiger partial charge in [0.15, 0.2) is 5.78 Å². The Bertz CT molecular complexity index is 723. The predicted octanol–water partition coefficient (Wildman–Crippen LogP) is 4.58. The van der Waals surface area contributed by atoms with E-state index in [-0.39, 0.29) is 11.7 Å². The summed E-state index contributed by atoms with van der Waals surface area (Å²) < 4.78 is 0. The van der Waals surface area contributed by atoms with Crippen LogP contribution in [-0.2, 0) is 4.79 Å². The number of amides is 1. The van der Waals surface area contributed by atoms with Crippen molar-refractivity contribution in [2.24, 2.45) is 0 Å². The van der Waals surface area contributed by atoms with E-state index in [4.69, 9.17) is 11.6 Å². The molecule has 2 aromatic carbocycles. The summed E-state index contributed by atoms with van der Waals surface area (Å²) in [6.07, 6.45) is 3.55. The van der Waals surface area contributed by atoms with Crippen LogP contribution >= 0.6 is 11.6 Å². The SMILES string of the molecule is CCC(=O)Nc1cccc(C(=O)C=Cc2ccccc2Cl)c1. The Labute approximate surface area is 134 Å². The quantitative estimate of drug-likeness (QED) is 0.648. The normalized spacial score (nSPS) is 10.6. The van der Waals surface area contributed by atoms with Crippen molar-refractivity contribution in [1.29, 1.82) is 0 Å². The Morgan fingerprint density at radius 1 is 1.14 bits per heavy atom. The molecule has 1 N–H and O–H groups in total. The lowest BCUT2D eigenvalue weighted by atomic mass is 10.1. The highest BCUT2D eigenvalue weighted by Crippen LogP contribution is 2.17. The second-order valence-corrected chi connectivity index (χ2v) is 5.11. The summed E-state index contributed by atoms with van der Waals surface area (Å²) in [5, 5.41) is 3.33. The molecule has 0 saturated heterocycles. The average molecular weight is 314 g/mol. The molecule has 0 spiro atoms. The van der Waals surface area contributed by atoms with Gasteiger partial charge in [0.05, 0.1) is 0 Å². The van der Waals surface area contributed by atoms with E-state index in [1.54, 1.807) is 43.3 Å². The predicted molar refractivity (Wildman–Crippen MR) is 90.2 cm³/mol. The maximum Gasteiger partial charge on any atom is 0.224 e. The summed E-state index contributed by atoms with van der Waals surface area (Å²) in [7, 11) is 0. The molecule has 22 heavy (non-hydrogen) atoms. The summed E-state index contributed by atoms with van der Waals surface area (Å²) in [5.74, 6) is -0.233. The van der Waals surface area contributed by atoms with Crippen LogP contribution in [0, 0.1) is 0 Å². The van der Waals surface area contributed by atoms with Crippen molar-refractivity contribution >= 4 is 35.1 Å². The highest BCUT2D eigenvalue weighted by atomic mass is 35.5. The van der Waals surface area contributed by atoms with Gasteiger partial charge in [-0.1, -0.05) is 48.9 Å². The molecule has 4 heteroatoms. The van der Waals surface area contributed by atoms with Crippen molar-refractivity contribution in [2.45, 2.75) is 13.3 Å². The van der Waals surface area contributed by atoms with Crippen LogP contribution in [0.25, 0.3) is 6.08 Å². The second-order valence-electron chi connectivity index (χ2n) is 4.70. The molecule has 0 saturated carbocycles. The fourth-order valence-electron chi connectivity index (χ4n) is 1.87. The van der Waals surface area contributed by atoms with E-state index in [2.05, 4.69) is 5.32 Å². The Kier molecular flexibility index (Phi) is 5.50. The van der Waals surface area contributed by atoms with Crippen LogP contribution in [0.1, 0.15) is 29.3 Å². The van der Waals surface area contributed by atoms with Crippen LogP contribution < -0.4 is 5.32 Å². The van der Waals surface area contributed by atoms with Crippen LogP contribution in [-0.4, -0.2) is 11.7 Å². The van der Waals surface area contributed by atoms with Gasteiger partial charge >= 0.3 is 0 Å². The first kappa shape index (κ1) is 16.0. The number of ketones is 1. The largest absolute Gasteiger partial charge is 0.326 e. The molecule has 112 valence electrons. The Hall–Kier alpha value is -2.39. The summed E-state index contributed by atoms with van der Waals surface area (Å²) >= 11 is 6.04. The first-order chi connectivity index (χ1) is 10.6. The third-order valence-electron chi connectivity index (χ3n) is 3.07. The summed E-state index contributed by atoms with van der Waals surface area (Å²) in [5.41, 5.74) is 1.91. The van der Waals surface area contributed by atoms with E-state index in [0.717, 1.165) is 5.56 Å². The van der Waals surface area contributed by atoms with E-state index < -0.39 is 0 Å². The van der Waals surface area contributed by atoms with Crippen LogP contribution in [0.3, 0.4) is 0 Å². The molecule has 1 amide bonds. The molecule has 0 fully saturated rings. The lowest BCUT2D eigenvalue weighted by molar-refractivity contribution is -0.115. The Morgan fingerprint density at radius 3 is 2.64 bits per heavy atom. The van der Waals surface area contributed by atoms with Gasteiger partial charge < -0.3 is 5.32 Å². The van der Waals surface area contributed by atoms with Crippen molar-refractivity contribution in [2.75, 3.05) is 5.32 Å². The molecule has 0 unspecified atom stereocenters. The number of nitrogens with one attached hydrogen (secondary N) is 1. The molecule has 0 heterocycles. The van der Waals surface area contributed by atoms with E-state index in [1.807, 2.05) is 18.2 Å². The molecule has 0 radical (unpaired) electrons. The van der Waals surface area contributed by atoms with Crippen molar-refractivity contribution in [1.82, 2.24) is 0 Å². The van der Waals surface area contributed by atoms with E-state index in [9.17, 15) is 9.59 Å². The fraction of sp³-hybridized carbons (Fsp3) is 0.111. The van der Waals surface area contributed by atoms with Gasteiger partial charge in [-0.2, -0.15) is 0 Å². The Morgan fingerprint density at radius 2 is 1.91 bits per heavy atom. The zero-order valence-corrected chi connectivity index (χ0v) is 12.9. The maximum atomic E-state index is 12.2. The van der Waals surface area contributed by atoms with Crippen LogP contribution in [0.4, 0.5) is 5.69 Å². The minimum atomic E-state index is -0.146. The number of benzene rings is 2. The van der Waals surface area contributed by atoms with Crippen LogP contribution in [0.2, 0.25) is 5.02 Å². The molecule has 0 aromatic heterocycles. The molecule has 3 nitrogen and oxygen atoms in total. The van der Waals surface area contributed by atoms with Crippen LogP contribution in [0.5, 0.6) is 0 Å². The number of hydrogen-bond acceptors (Lipinski definition) is 2. The topological polar surface area (TPSA) is 46.2 Å². The van der Waals surface area contributed by atoms with Gasteiger partial charge in [0.25, 0.3) is 0 Å². The zero-order chi connectivity index (χ0) is 15.9. The molecule has 0 aliphatic heterocycles.